The summed E-state index contributed by atoms with van der Waals surface area (Å²) in [5.41, 5.74) is 1.41. The summed E-state index contributed by atoms with van der Waals surface area (Å²) in [6, 6.07) is 7.27. The largest absolute Gasteiger partial charge is 0.392 e. The number of rotatable bonds is 6. The SMILES string of the molecule is CCCCCC(=O)c1ccccc1CO. The number of hydrogen-bond acceptors (Lipinski definition) is 2. The minimum absolute atomic E-state index is 0.0598. The van der Waals surface area contributed by atoms with Gasteiger partial charge in [-0.3, -0.25) is 4.79 Å². The summed E-state index contributed by atoms with van der Waals surface area (Å²) in [6.07, 6.45) is 3.74. The quantitative estimate of drug-likeness (QED) is 0.574. The Labute approximate surface area is 90.9 Å². The Morgan fingerprint density at radius 1 is 1.27 bits per heavy atom. The number of benzene rings is 1. The van der Waals surface area contributed by atoms with Crippen LogP contribution in [0, 0.1) is 0 Å². The summed E-state index contributed by atoms with van der Waals surface area (Å²) < 4.78 is 0. The number of ketones is 1. The van der Waals surface area contributed by atoms with Crippen molar-refractivity contribution in [2.45, 2.75) is 39.2 Å². The molecule has 2 heteroatoms. The van der Waals surface area contributed by atoms with Crippen LogP contribution in [-0.2, 0) is 6.61 Å². The second-order valence-corrected chi connectivity index (χ2v) is 3.70. The van der Waals surface area contributed by atoms with Crippen LogP contribution in [-0.4, -0.2) is 10.9 Å². The molecule has 0 heterocycles. The van der Waals surface area contributed by atoms with Gasteiger partial charge in [0.1, 0.15) is 0 Å². The molecule has 0 amide bonds. The third-order valence-corrected chi connectivity index (χ3v) is 2.50. The minimum Gasteiger partial charge on any atom is -0.392 e. The van der Waals surface area contributed by atoms with Crippen LogP contribution in [0.1, 0.15) is 48.5 Å². The highest BCUT2D eigenvalue weighted by molar-refractivity contribution is 5.97. The van der Waals surface area contributed by atoms with Crippen molar-refractivity contribution in [3.63, 3.8) is 0 Å². The van der Waals surface area contributed by atoms with Crippen molar-refractivity contribution in [1.29, 1.82) is 0 Å². The second-order valence-electron chi connectivity index (χ2n) is 3.70. The number of Topliss-reactive ketones (excluding diaryl/α,β-unsaturated/α-hetero) is 1. The predicted molar refractivity (Wildman–Crippen MR) is 60.8 cm³/mol. The summed E-state index contributed by atoms with van der Waals surface area (Å²) in [4.78, 5) is 11.8. The van der Waals surface area contributed by atoms with E-state index < -0.39 is 0 Å². The van der Waals surface area contributed by atoms with Crippen LogP contribution in [0.3, 0.4) is 0 Å². The molecular formula is C13H18O2. The molecule has 0 spiro atoms. The molecule has 0 aliphatic rings. The zero-order chi connectivity index (χ0) is 11.1. The number of aliphatic hydroxyl groups is 1. The van der Waals surface area contributed by atoms with Crippen LogP contribution in [0.5, 0.6) is 0 Å². The Balaban J connectivity index is 2.64. The first kappa shape index (κ1) is 11.9. The number of aliphatic hydroxyl groups excluding tert-OH is 1. The molecule has 0 bridgehead atoms. The molecule has 1 aromatic rings. The third kappa shape index (κ3) is 3.48. The van der Waals surface area contributed by atoms with Crippen LogP contribution in [0.25, 0.3) is 0 Å². The van der Waals surface area contributed by atoms with Crippen LogP contribution >= 0.6 is 0 Å². The number of unbranched alkanes of at least 4 members (excludes halogenated alkanes) is 2. The maximum atomic E-state index is 11.8. The maximum absolute atomic E-state index is 11.8. The molecule has 0 aliphatic heterocycles. The van der Waals surface area contributed by atoms with Gasteiger partial charge in [-0.25, -0.2) is 0 Å². The zero-order valence-electron chi connectivity index (χ0n) is 9.20. The van der Waals surface area contributed by atoms with Gasteiger partial charge in [-0.05, 0) is 12.0 Å². The van der Waals surface area contributed by atoms with E-state index in [4.69, 9.17) is 5.11 Å². The monoisotopic (exact) mass is 206 g/mol. The molecule has 0 fully saturated rings. The van der Waals surface area contributed by atoms with Gasteiger partial charge in [-0.1, -0.05) is 44.0 Å². The molecule has 0 saturated carbocycles. The van der Waals surface area contributed by atoms with Crippen molar-refractivity contribution < 1.29 is 9.90 Å². The van der Waals surface area contributed by atoms with Crippen molar-refractivity contribution >= 4 is 5.78 Å². The lowest BCUT2D eigenvalue weighted by atomic mass is 10.00. The van der Waals surface area contributed by atoms with Gasteiger partial charge in [-0.2, -0.15) is 0 Å². The van der Waals surface area contributed by atoms with Gasteiger partial charge in [0.25, 0.3) is 0 Å². The van der Waals surface area contributed by atoms with Gasteiger partial charge in [0.05, 0.1) is 6.61 Å². The fraction of sp³-hybridized carbons (Fsp3) is 0.462. The van der Waals surface area contributed by atoms with E-state index in [1.807, 2.05) is 12.1 Å². The summed E-state index contributed by atoms with van der Waals surface area (Å²) >= 11 is 0. The highest BCUT2D eigenvalue weighted by Gasteiger charge is 2.09. The number of carbonyl (C=O) groups excluding carboxylic acids is 1. The third-order valence-electron chi connectivity index (χ3n) is 2.50. The van der Waals surface area contributed by atoms with Crippen LogP contribution < -0.4 is 0 Å². The van der Waals surface area contributed by atoms with E-state index in [2.05, 4.69) is 6.92 Å². The smallest absolute Gasteiger partial charge is 0.163 e. The van der Waals surface area contributed by atoms with E-state index in [0.717, 1.165) is 24.8 Å². The summed E-state index contributed by atoms with van der Waals surface area (Å²) in [5, 5.41) is 9.09. The lowest BCUT2D eigenvalue weighted by Crippen LogP contribution is -2.03. The number of carbonyl (C=O) groups is 1. The van der Waals surface area contributed by atoms with Gasteiger partial charge < -0.3 is 5.11 Å². The average Bonchev–Trinajstić information content (AvgIpc) is 2.29. The van der Waals surface area contributed by atoms with Gasteiger partial charge in [-0.15, -0.1) is 0 Å². The second kappa shape index (κ2) is 6.36. The van der Waals surface area contributed by atoms with E-state index in [1.54, 1.807) is 12.1 Å². The van der Waals surface area contributed by atoms with Crippen LogP contribution in [0.4, 0.5) is 0 Å². The maximum Gasteiger partial charge on any atom is 0.163 e. The van der Waals surface area contributed by atoms with Crippen molar-refractivity contribution in [1.82, 2.24) is 0 Å². The van der Waals surface area contributed by atoms with E-state index in [9.17, 15) is 4.79 Å². The van der Waals surface area contributed by atoms with Crippen molar-refractivity contribution in [3.8, 4) is 0 Å². The first-order valence-electron chi connectivity index (χ1n) is 5.51. The highest BCUT2D eigenvalue weighted by atomic mass is 16.3. The van der Waals surface area contributed by atoms with Crippen LogP contribution in [0.15, 0.2) is 24.3 Å². The zero-order valence-corrected chi connectivity index (χ0v) is 9.20. The standard InChI is InChI=1S/C13H18O2/c1-2-3-4-9-13(15)12-8-6-5-7-11(12)10-14/h5-8,14H,2-4,9-10H2,1H3. The molecule has 82 valence electrons. The highest BCUT2D eigenvalue weighted by Crippen LogP contribution is 2.13. The predicted octanol–water partition coefficient (Wildman–Crippen LogP) is 2.94. The molecule has 0 aromatic heterocycles. The Bertz CT molecular complexity index is 318. The Morgan fingerprint density at radius 2 is 2.00 bits per heavy atom. The van der Waals surface area contributed by atoms with Crippen molar-refractivity contribution in [2.24, 2.45) is 0 Å². The molecule has 1 aromatic carbocycles. The van der Waals surface area contributed by atoms with Crippen molar-refractivity contribution in [3.05, 3.63) is 35.4 Å². The Morgan fingerprint density at radius 3 is 2.67 bits per heavy atom. The first-order chi connectivity index (χ1) is 7.29. The Hall–Kier alpha value is -1.15. The summed E-state index contributed by atoms with van der Waals surface area (Å²) in [5.74, 6) is 0.146. The molecule has 0 radical (unpaired) electrons. The molecule has 0 saturated heterocycles. The molecule has 0 aliphatic carbocycles. The van der Waals surface area contributed by atoms with E-state index in [-0.39, 0.29) is 12.4 Å². The first-order valence-corrected chi connectivity index (χ1v) is 5.51. The van der Waals surface area contributed by atoms with E-state index >= 15 is 0 Å². The molecule has 0 atom stereocenters. The van der Waals surface area contributed by atoms with Crippen molar-refractivity contribution in [2.75, 3.05) is 0 Å². The molecular weight excluding hydrogens is 188 g/mol. The molecule has 1 N–H and O–H groups in total. The average molecular weight is 206 g/mol. The topological polar surface area (TPSA) is 37.3 Å². The molecule has 2 nitrogen and oxygen atoms in total. The summed E-state index contributed by atoms with van der Waals surface area (Å²) in [7, 11) is 0. The van der Waals surface area contributed by atoms with E-state index in [0.29, 0.717) is 12.0 Å². The van der Waals surface area contributed by atoms with Gasteiger partial charge in [0.2, 0.25) is 0 Å². The molecule has 15 heavy (non-hydrogen) atoms. The van der Waals surface area contributed by atoms with Gasteiger partial charge in [0.15, 0.2) is 5.78 Å². The lowest BCUT2D eigenvalue weighted by molar-refractivity contribution is 0.0976. The van der Waals surface area contributed by atoms with E-state index in [1.165, 1.54) is 0 Å². The fourth-order valence-corrected chi connectivity index (χ4v) is 1.60. The fourth-order valence-electron chi connectivity index (χ4n) is 1.60. The normalized spacial score (nSPS) is 10.3. The summed E-state index contributed by atoms with van der Waals surface area (Å²) in [6.45, 7) is 2.06. The number of hydrogen-bond donors (Lipinski definition) is 1. The van der Waals surface area contributed by atoms with Crippen LogP contribution in [0.2, 0.25) is 0 Å². The lowest BCUT2D eigenvalue weighted by Gasteiger charge is -2.05. The van der Waals surface area contributed by atoms with Gasteiger partial charge >= 0.3 is 0 Å². The Kier molecular flexibility index (Phi) is 5.05. The molecule has 1 rings (SSSR count). The van der Waals surface area contributed by atoms with Gasteiger partial charge in [0, 0.05) is 12.0 Å². The minimum atomic E-state index is -0.0598. The molecule has 0 unspecified atom stereocenters.